The van der Waals surface area contributed by atoms with E-state index in [0.29, 0.717) is 30.1 Å². The Morgan fingerprint density at radius 1 is 1.14 bits per heavy atom. The molecule has 35 heavy (non-hydrogen) atoms. The lowest BCUT2D eigenvalue weighted by atomic mass is 10.2. The van der Waals surface area contributed by atoms with Crippen molar-refractivity contribution in [1.29, 1.82) is 5.41 Å². The van der Waals surface area contributed by atoms with Gasteiger partial charge in [-0.1, -0.05) is 43.7 Å². The molecule has 0 radical (unpaired) electrons. The molecule has 0 spiro atoms. The van der Waals surface area contributed by atoms with Crippen molar-refractivity contribution in [3.8, 4) is 11.4 Å². The predicted molar refractivity (Wildman–Crippen MR) is 144 cm³/mol. The van der Waals surface area contributed by atoms with E-state index < -0.39 is 0 Å². The average molecular weight is 478 g/mol. The number of amides is 1. The Kier molecular flexibility index (Phi) is 10.3. The summed E-state index contributed by atoms with van der Waals surface area (Å²) in [5.74, 6) is 1.37. The van der Waals surface area contributed by atoms with Gasteiger partial charge in [-0.05, 0) is 24.6 Å². The zero-order chi connectivity index (χ0) is 25.8. The van der Waals surface area contributed by atoms with E-state index in [1.54, 1.807) is 12.4 Å². The van der Waals surface area contributed by atoms with Crippen LogP contribution in [0, 0.1) is 12.3 Å². The van der Waals surface area contributed by atoms with Crippen molar-refractivity contribution in [3.63, 3.8) is 0 Å². The molecule has 1 amide bonds. The number of fused-ring (bicyclic) bond motifs is 1. The number of pyridine rings is 1. The maximum Gasteiger partial charge on any atom is 0.224 e. The molecule has 0 atom stereocenters. The summed E-state index contributed by atoms with van der Waals surface area (Å²) in [6.45, 7) is 8.48. The largest absolute Gasteiger partial charge is 0.368 e. The standard InChI is InChI=1S/C15H18N8O.C8H9N.C2H6.H2/c1-9(24)18-7-8-19-12-11-14(22-15(16)21-12)23(2)13(20-11)10-3-5-17-6-4-10;1-7-3-2-4-8(5-7)6-9;1-2;/h3-6H,7-8H2,1-2H3,(H,18,24)(H3,16,19,21,22);2-6,9H,1H3;1-2H3;1H. The second kappa shape index (κ2) is 13.4. The number of carbonyl (C=O) groups is 1. The third-order valence-electron chi connectivity index (χ3n) is 4.67. The van der Waals surface area contributed by atoms with Crippen LogP contribution in [0.5, 0.6) is 0 Å². The van der Waals surface area contributed by atoms with Crippen LogP contribution in [0.3, 0.4) is 0 Å². The van der Waals surface area contributed by atoms with Gasteiger partial charge in [0.1, 0.15) is 5.82 Å². The summed E-state index contributed by atoms with van der Waals surface area (Å²) in [6, 6.07) is 11.6. The van der Waals surface area contributed by atoms with Crippen molar-refractivity contribution in [2.75, 3.05) is 24.1 Å². The van der Waals surface area contributed by atoms with Crippen LogP contribution in [0.2, 0.25) is 0 Å². The molecule has 4 aromatic rings. The predicted octanol–water partition coefficient (Wildman–Crippen LogP) is 3.82. The molecule has 10 nitrogen and oxygen atoms in total. The zero-order valence-corrected chi connectivity index (χ0v) is 20.8. The van der Waals surface area contributed by atoms with Gasteiger partial charge in [-0.2, -0.15) is 9.97 Å². The van der Waals surface area contributed by atoms with Crippen LogP contribution < -0.4 is 16.4 Å². The number of rotatable bonds is 6. The average Bonchev–Trinajstić information content (AvgIpc) is 3.20. The molecule has 5 N–H and O–H groups in total. The van der Waals surface area contributed by atoms with Crippen LogP contribution in [-0.2, 0) is 11.8 Å². The number of aromatic nitrogens is 5. The number of carbonyl (C=O) groups excluding carboxylic acids is 1. The maximum atomic E-state index is 10.9. The second-order valence-electron chi connectivity index (χ2n) is 7.30. The molecule has 10 heteroatoms. The molecule has 0 saturated heterocycles. The molecule has 0 saturated carbocycles. The zero-order valence-electron chi connectivity index (χ0n) is 20.8. The number of aryl methyl sites for hydroxylation is 2. The number of hydrogen-bond acceptors (Lipinski definition) is 8. The topological polar surface area (TPSA) is 147 Å². The fourth-order valence-corrected chi connectivity index (χ4v) is 3.14. The van der Waals surface area contributed by atoms with Crippen molar-refractivity contribution in [3.05, 3.63) is 59.9 Å². The number of hydrogen-bond donors (Lipinski definition) is 4. The first kappa shape index (κ1) is 26.9. The van der Waals surface area contributed by atoms with Gasteiger partial charge in [-0.3, -0.25) is 9.78 Å². The Morgan fingerprint density at radius 2 is 1.86 bits per heavy atom. The van der Waals surface area contributed by atoms with Gasteiger partial charge in [0.2, 0.25) is 11.9 Å². The van der Waals surface area contributed by atoms with Gasteiger partial charge in [-0.25, -0.2) is 4.98 Å². The number of nitrogens with one attached hydrogen (secondary N) is 3. The Bertz CT molecular complexity index is 1260. The van der Waals surface area contributed by atoms with Crippen LogP contribution in [-0.4, -0.2) is 49.7 Å². The molecule has 1 aromatic carbocycles. The molecular formula is C25H35N9O. The van der Waals surface area contributed by atoms with Crippen molar-refractivity contribution < 1.29 is 6.22 Å². The summed E-state index contributed by atoms with van der Waals surface area (Å²) in [4.78, 5) is 28.1. The quantitative estimate of drug-likeness (QED) is 0.244. The highest BCUT2D eigenvalue weighted by Gasteiger charge is 2.16. The van der Waals surface area contributed by atoms with E-state index >= 15 is 0 Å². The minimum absolute atomic E-state index is 0. The number of nitrogens with zero attached hydrogens (tertiary/aromatic N) is 5. The molecule has 4 rings (SSSR count). The van der Waals surface area contributed by atoms with E-state index in [1.165, 1.54) is 18.7 Å². The van der Waals surface area contributed by atoms with Crippen LogP contribution in [0.1, 0.15) is 33.3 Å². The van der Waals surface area contributed by atoms with Gasteiger partial charge in [0.15, 0.2) is 17.0 Å². The molecule has 0 aliphatic rings. The van der Waals surface area contributed by atoms with Crippen LogP contribution in [0.15, 0.2) is 48.8 Å². The third kappa shape index (κ3) is 7.60. The molecule has 0 fully saturated rings. The summed E-state index contributed by atoms with van der Waals surface area (Å²) in [7, 11) is 1.87. The second-order valence-corrected chi connectivity index (χ2v) is 7.30. The monoisotopic (exact) mass is 477 g/mol. The highest BCUT2D eigenvalue weighted by atomic mass is 16.1. The molecule has 0 bridgehead atoms. The van der Waals surface area contributed by atoms with Crippen LogP contribution in [0.4, 0.5) is 11.8 Å². The number of imidazole rings is 1. The smallest absolute Gasteiger partial charge is 0.224 e. The maximum absolute atomic E-state index is 10.9. The van der Waals surface area contributed by atoms with Gasteiger partial charge in [0, 0.05) is 52.7 Å². The SMILES string of the molecule is CC.CC(=O)NCCNc1nc(N)nc2c1nc(-c1ccncc1)n2C.Cc1cccc(C=N)c1.[HH]. The summed E-state index contributed by atoms with van der Waals surface area (Å²) >= 11 is 0. The molecule has 3 heterocycles. The van der Waals surface area contributed by atoms with Crippen LogP contribution in [0.25, 0.3) is 22.6 Å². The normalized spacial score (nSPS) is 9.86. The summed E-state index contributed by atoms with van der Waals surface area (Å²) < 4.78 is 1.86. The molecular weight excluding hydrogens is 442 g/mol. The van der Waals surface area contributed by atoms with E-state index in [-0.39, 0.29) is 13.3 Å². The summed E-state index contributed by atoms with van der Waals surface area (Å²) in [5.41, 5.74) is 10.2. The van der Waals surface area contributed by atoms with E-state index in [2.05, 4.69) is 30.6 Å². The summed E-state index contributed by atoms with van der Waals surface area (Å²) in [5, 5.41) is 12.8. The van der Waals surface area contributed by atoms with Gasteiger partial charge >= 0.3 is 0 Å². The summed E-state index contributed by atoms with van der Waals surface area (Å²) in [6.07, 6.45) is 4.77. The molecule has 0 aliphatic carbocycles. The fourth-order valence-electron chi connectivity index (χ4n) is 3.14. The van der Waals surface area contributed by atoms with Gasteiger partial charge < -0.3 is 26.3 Å². The molecule has 0 unspecified atom stereocenters. The molecule has 186 valence electrons. The van der Waals surface area contributed by atoms with E-state index in [0.717, 1.165) is 17.0 Å². The first-order chi connectivity index (χ1) is 16.9. The minimum Gasteiger partial charge on any atom is -0.368 e. The number of nitrogen functional groups attached to an aromatic ring is 1. The number of anilines is 2. The van der Waals surface area contributed by atoms with Gasteiger partial charge in [0.05, 0.1) is 0 Å². The van der Waals surface area contributed by atoms with E-state index in [9.17, 15) is 4.79 Å². The lowest BCUT2D eigenvalue weighted by Gasteiger charge is -2.07. The van der Waals surface area contributed by atoms with Crippen LogP contribution >= 0.6 is 0 Å². The van der Waals surface area contributed by atoms with Crippen molar-refractivity contribution >= 4 is 35.1 Å². The van der Waals surface area contributed by atoms with Crippen molar-refractivity contribution in [2.45, 2.75) is 27.7 Å². The minimum atomic E-state index is -0.0815. The third-order valence-corrected chi connectivity index (χ3v) is 4.67. The highest BCUT2D eigenvalue weighted by Crippen LogP contribution is 2.26. The van der Waals surface area contributed by atoms with Gasteiger partial charge in [0.25, 0.3) is 0 Å². The Morgan fingerprint density at radius 3 is 2.46 bits per heavy atom. The van der Waals surface area contributed by atoms with Crippen molar-refractivity contribution in [1.82, 2.24) is 29.8 Å². The fraction of sp³-hybridized carbons (Fsp3) is 0.280. The van der Waals surface area contributed by atoms with E-state index in [4.69, 9.17) is 11.1 Å². The molecule has 0 aliphatic heterocycles. The van der Waals surface area contributed by atoms with Crippen molar-refractivity contribution in [2.24, 2.45) is 7.05 Å². The lowest BCUT2D eigenvalue weighted by molar-refractivity contribution is -0.118. The Hall–Kier alpha value is -4.34. The lowest BCUT2D eigenvalue weighted by Crippen LogP contribution is -2.26. The highest BCUT2D eigenvalue weighted by molar-refractivity contribution is 5.87. The first-order valence-corrected chi connectivity index (χ1v) is 11.3. The van der Waals surface area contributed by atoms with E-state index in [1.807, 2.05) is 68.8 Å². The number of nitrogens with two attached hydrogens (primary N) is 1. The molecule has 3 aromatic heterocycles. The first-order valence-electron chi connectivity index (χ1n) is 11.3. The Balaban J connectivity index is 0.000000455. The Labute approximate surface area is 207 Å². The van der Waals surface area contributed by atoms with Gasteiger partial charge in [-0.15, -0.1) is 0 Å². The number of benzene rings is 1.